The van der Waals surface area contributed by atoms with Gasteiger partial charge in [-0.15, -0.1) is 11.6 Å². The van der Waals surface area contributed by atoms with Gasteiger partial charge < -0.3 is 5.32 Å². The Morgan fingerprint density at radius 3 is 2.60 bits per heavy atom. The lowest BCUT2D eigenvalue weighted by atomic mass is 9.49. The molecule has 4 atom stereocenters. The molecule has 3 nitrogen and oxygen atoms in total. The van der Waals surface area contributed by atoms with Crippen LogP contribution in [0.15, 0.2) is 24.4 Å². The molecular formula is C16H19ClN2O. The lowest BCUT2D eigenvalue weighted by Crippen LogP contribution is -2.57. The molecule has 4 aliphatic rings. The van der Waals surface area contributed by atoms with E-state index in [-0.39, 0.29) is 16.2 Å². The van der Waals surface area contributed by atoms with Gasteiger partial charge in [0.2, 0.25) is 5.91 Å². The van der Waals surface area contributed by atoms with Crippen LogP contribution in [0.25, 0.3) is 0 Å². The largest absolute Gasteiger partial charge is 0.310 e. The molecule has 2 unspecified atom stereocenters. The van der Waals surface area contributed by atoms with Crippen LogP contribution in [0.1, 0.15) is 38.5 Å². The van der Waals surface area contributed by atoms with Crippen LogP contribution in [-0.2, 0) is 4.79 Å². The van der Waals surface area contributed by atoms with Crippen molar-refractivity contribution in [3.8, 4) is 0 Å². The van der Waals surface area contributed by atoms with E-state index in [1.165, 1.54) is 6.42 Å². The van der Waals surface area contributed by atoms with Gasteiger partial charge in [-0.1, -0.05) is 6.07 Å². The summed E-state index contributed by atoms with van der Waals surface area (Å²) >= 11 is 6.77. The number of rotatable bonds is 2. The fourth-order valence-corrected chi connectivity index (χ4v) is 5.79. The molecule has 4 heteroatoms. The number of alkyl halides is 1. The van der Waals surface area contributed by atoms with Crippen molar-refractivity contribution in [2.24, 2.45) is 17.3 Å². The Morgan fingerprint density at radius 2 is 2.00 bits per heavy atom. The average molecular weight is 291 g/mol. The highest BCUT2D eigenvalue weighted by Crippen LogP contribution is 2.63. The quantitative estimate of drug-likeness (QED) is 0.846. The van der Waals surface area contributed by atoms with Crippen LogP contribution >= 0.6 is 11.6 Å². The molecule has 4 bridgehead atoms. The molecule has 5 rings (SSSR count). The zero-order valence-corrected chi connectivity index (χ0v) is 12.2. The summed E-state index contributed by atoms with van der Waals surface area (Å²) in [5.41, 5.74) is -0.247. The van der Waals surface area contributed by atoms with Crippen molar-refractivity contribution < 1.29 is 4.79 Å². The summed E-state index contributed by atoms with van der Waals surface area (Å²) in [5, 5.41) is 3.01. The van der Waals surface area contributed by atoms with Gasteiger partial charge in [0, 0.05) is 11.1 Å². The topological polar surface area (TPSA) is 42.0 Å². The minimum absolute atomic E-state index is 0.120. The summed E-state index contributed by atoms with van der Waals surface area (Å²) in [7, 11) is 0. The van der Waals surface area contributed by atoms with Crippen LogP contribution in [0.3, 0.4) is 0 Å². The van der Waals surface area contributed by atoms with E-state index in [0.717, 1.165) is 32.1 Å². The van der Waals surface area contributed by atoms with Crippen LogP contribution in [0, 0.1) is 17.3 Å². The first kappa shape index (κ1) is 12.6. The van der Waals surface area contributed by atoms with E-state index in [1.807, 2.05) is 18.2 Å². The number of carbonyl (C=O) groups is 1. The fourth-order valence-electron chi connectivity index (χ4n) is 5.10. The molecule has 20 heavy (non-hydrogen) atoms. The van der Waals surface area contributed by atoms with Gasteiger partial charge in [0.05, 0.1) is 5.41 Å². The lowest BCUT2D eigenvalue weighted by Gasteiger charge is -2.59. The second kappa shape index (κ2) is 4.20. The smallest absolute Gasteiger partial charge is 0.231 e. The van der Waals surface area contributed by atoms with Crippen molar-refractivity contribution in [1.29, 1.82) is 0 Å². The van der Waals surface area contributed by atoms with Crippen LogP contribution in [0.5, 0.6) is 0 Å². The molecule has 1 aromatic heterocycles. The molecule has 106 valence electrons. The SMILES string of the molecule is O=C(Nc1ccccn1)C12C[C@@H]3C[C@@H](CC(Cl)(C3)C1)C2. The molecule has 1 amide bonds. The van der Waals surface area contributed by atoms with E-state index in [9.17, 15) is 4.79 Å². The number of halogens is 1. The minimum Gasteiger partial charge on any atom is -0.310 e. The maximum atomic E-state index is 12.8. The normalized spacial score (nSPS) is 41.6. The zero-order valence-electron chi connectivity index (χ0n) is 11.4. The van der Waals surface area contributed by atoms with Gasteiger partial charge in [0.25, 0.3) is 0 Å². The predicted molar refractivity (Wildman–Crippen MR) is 78.6 cm³/mol. The van der Waals surface area contributed by atoms with E-state index in [0.29, 0.717) is 17.7 Å². The Kier molecular flexibility index (Phi) is 2.65. The van der Waals surface area contributed by atoms with Crippen LogP contribution in [0.2, 0.25) is 0 Å². The molecule has 1 heterocycles. The van der Waals surface area contributed by atoms with E-state index < -0.39 is 0 Å². The highest BCUT2D eigenvalue weighted by atomic mass is 35.5. The molecular weight excluding hydrogens is 272 g/mol. The van der Waals surface area contributed by atoms with Gasteiger partial charge in [-0.05, 0) is 62.5 Å². The Bertz CT molecular complexity index is 531. The van der Waals surface area contributed by atoms with Gasteiger partial charge in [-0.3, -0.25) is 4.79 Å². The molecule has 4 fully saturated rings. The number of amides is 1. The predicted octanol–water partition coefficient (Wildman–Crippen LogP) is 3.60. The third-order valence-corrected chi connectivity index (χ3v) is 5.82. The monoisotopic (exact) mass is 290 g/mol. The van der Waals surface area contributed by atoms with Gasteiger partial charge in [0.15, 0.2) is 0 Å². The fraction of sp³-hybridized carbons (Fsp3) is 0.625. The second-order valence-electron chi connectivity index (χ2n) is 7.06. The van der Waals surface area contributed by atoms with Crippen LogP contribution < -0.4 is 5.32 Å². The van der Waals surface area contributed by atoms with Crippen LogP contribution in [-0.4, -0.2) is 15.8 Å². The maximum Gasteiger partial charge on any atom is 0.231 e. The summed E-state index contributed by atoms with van der Waals surface area (Å²) in [4.78, 5) is 16.9. The first-order valence-electron chi connectivity index (χ1n) is 7.48. The number of nitrogens with one attached hydrogen (secondary N) is 1. The zero-order chi connectivity index (χ0) is 13.8. The maximum absolute atomic E-state index is 12.8. The molecule has 1 N–H and O–H groups in total. The van der Waals surface area contributed by atoms with E-state index in [4.69, 9.17) is 11.6 Å². The first-order chi connectivity index (χ1) is 9.57. The van der Waals surface area contributed by atoms with Gasteiger partial charge in [-0.2, -0.15) is 0 Å². The second-order valence-corrected chi connectivity index (χ2v) is 7.86. The number of aromatic nitrogens is 1. The van der Waals surface area contributed by atoms with Crippen LogP contribution in [0.4, 0.5) is 5.82 Å². The van der Waals surface area contributed by atoms with Crippen molar-refractivity contribution >= 4 is 23.3 Å². The summed E-state index contributed by atoms with van der Waals surface area (Å²) in [5.74, 6) is 2.07. The molecule has 0 aliphatic heterocycles. The third kappa shape index (κ3) is 1.95. The summed E-state index contributed by atoms with van der Waals surface area (Å²) in [6.07, 6.45) is 8.04. The van der Waals surface area contributed by atoms with Crippen molar-refractivity contribution in [3.63, 3.8) is 0 Å². The lowest BCUT2D eigenvalue weighted by molar-refractivity contribution is -0.138. The van der Waals surface area contributed by atoms with Crippen molar-refractivity contribution in [2.45, 2.75) is 43.4 Å². The summed E-state index contributed by atoms with van der Waals surface area (Å²) < 4.78 is 0. The molecule has 4 aliphatic carbocycles. The third-order valence-electron chi connectivity index (χ3n) is 5.38. The minimum atomic E-state index is -0.247. The Morgan fingerprint density at radius 1 is 1.25 bits per heavy atom. The van der Waals surface area contributed by atoms with Crippen molar-refractivity contribution in [1.82, 2.24) is 4.98 Å². The molecule has 0 aromatic carbocycles. The van der Waals surface area contributed by atoms with Gasteiger partial charge in [-0.25, -0.2) is 4.98 Å². The van der Waals surface area contributed by atoms with E-state index in [2.05, 4.69) is 10.3 Å². The first-order valence-corrected chi connectivity index (χ1v) is 7.86. The average Bonchev–Trinajstić information content (AvgIpc) is 2.37. The number of hydrogen-bond donors (Lipinski definition) is 1. The van der Waals surface area contributed by atoms with Gasteiger partial charge in [0.1, 0.15) is 5.82 Å². The molecule has 0 saturated heterocycles. The molecule has 1 aromatic rings. The number of carbonyl (C=O) groups excluding carboxylic acids is 1. The highest BCUT2D eigenvalue weighted by Gasteiger charge is 2.60. The van der Waals surface area contributed by atoms with Gasteiger partial charge >= 0.3 is 0 Å². The van der Waals surface area contributed by atoms with E-state index >= 15 is 0 Å². The van der Waals surface area contributed by atoms with Crippen molar-refractivity contribution in [2.75, 3.05) is 5.32 Å². The van der Waals surface area contributed by atoms with Crippen molar-refractivity contribution in [3.05, 3.63) is 24.4 Å². The highest BCUT2D eigenvalue weighted by molar-refractivity contribution is 6.24. The summed E-state index contributed by atoms with van der Waals surface area (Å²) in [6, 6.07) is 5.59. The Balaban J connectivity index is 1.60. The number of hydrogen-bond acceptors (Lipinski definition) is 2. The number of anilines is 1. The number of pyridine rings is 1. The molecule has 0 radical (unpaired) electrons. The van der Waals surface area contributed by atoms with E-state index in [1.54, 1.807) is 6.20 Å². The Labute approximate surface area is 124 Å². The Hall–Kier alpha value is -1.09. The molecule has 4 saturated carbocycles. The summed E-state index contributed by atoms with van der Waals surface area (Å²) in [6.45, 7) is 0. The molecule has 0 spiro atoms. The standard InChI is InChI=1S/C16H19ClN2O/c17-16-8-11-5-12(9-16)7-15(6-11,10-16)14(20)19-13-3-1-2-4-18-13/h1-4,11-12H,5-10H2,(H,18,19,20)/t11-,12+,15?,16?. The number of nitrogens with zero attached hydrogens (tertiary/aromatic N) is 1.